The van der Waals surface area contributed by atoms with Crippen LogP contribution in [-0.2, 0) is 11.2 Å². The Bertz CT molecular complexity index is 467. The molecular weight excluding hydrogens is 200 g/mol. The molecule has 1 aromatic carbocycles. The van der Waals surface area contributed by atoms with Crippen LogP contribution in [0.5, 0.6) is 0 Å². The minimum absolute atomic E-state index is 0.112. The van der Waals surface area contributed by atoms with E-state index in [0.717, 1.165) is 10.1 Å². The molecule has 0 atom stereocenters. The first-order valence-electron chi connectivity index (χ1n) is 4.07. The van der Waals surface area contributed by atoms with Gasteiger partial charge in [0.25, 0.3) is 0 Å². The molecule has 0 aliphatic heterocycles. The molecule has 0 fully saturated rings. The Labute approximate surface area is 84.3 Å². The van der Waals surface area contributed by atoms with Crippen LogP contribution in [0.4, 0.5) is 0 Å². The number of aromatic nitrogens is 1. The van der Waals surface area contributed by atoms with Gasteiger partial charge in [-0.15, -0.1) is 0 Å². The van der Waals surface area contributed by atoms with Crippen molar-refractivity contribution < 1.29 is 10.0 Å². The Balaban J connectivity index is 2.38. The summed E-state index contributed by atoms with van der Waals surface area (Å²) < 4.78 is 5.20. The fraction of sp³-hybridized carbons (Fsp3) is 0.111. The quantitative estimate of drug-likeness (QED) is 0.578. The maximum Gasteiger partial charge on any atom is 0.249 e. The number of carbonyl (C=O) groups excluding carboxylic acids is 1. The van der Waals surface area contributed by atoms with Gasteiger partial charge in [-0.2, -0.15) is 4.37 Å². The lowest BCUT2D eigenvalue weighted by Crippen LogP contribution is -2.20. The van der Waals surface area contributed by atoms with E-state index in [9.17, 15) is 4.79 Å². The van der Waals surface area contributed by atoms with Crippen molar-refractivity contribution >= 4 is 27.5 Å². The lowest BCUT2D eigenvalue weighted by Gasteiger charge is -1.95. The third-order valence-electron chi connectivity index (χ3n) is 1.90. The number of amides is 1. The summed E-state index contributed by atoms with van der Waals surface area (Å²) in [5, 5.41) is 9.35. The zero-order chi connectivity index (χ0) is 9.97. The second-order valence-electron chi connectivity index (χ2n) is 2.84. The molecule has 4 nitrogen and oxygen atoms in total. The van der Waals surface area contributed by atoms with Gasteiger partial charge in [-0.1, -0.05) is 18.2 Å². The van der Waals surface area contributed by atoms with Crippen molar-refractivity contribution in [2.24, 2.45) is 0 Å². The number of nitrogens with zero attached hydrogens (tertiary/aromatic N) is 1. The molecule has 2 N–H and O–H groups in total. The summed E-state index contributed by atoms with van der Waals surface area (Å²) in [6.45, 7) is 0. The van der Waals surface area contributed by atoms with E-state index in [2.05, 4.69) is 4.37 Å². The molecule has 2 aromatic rings. The number of carbonyl (C=O) groups is 1. The molecular formula is C9H8N2O2S. The van der Waals surface area contributed by atoms with Crippen LogP contribution >= 0.6 is 11.5 Å². The molecule has 0 unspecified atom stereocenters. The molecule has 5 heteroatoms. The summed E-state index contributed by atoms with van der Waals surface area (Å²) in [5.74, 6) is -0.443. The summed E-state index contributed by atoms with van der Waals surface area (Å²) in [7, 11) is 0. The minimum Gasteiger partial charge on any atom is -0.289 e. The van der Waals surface area contributed by atoms with E-state index in [0.29, 0.717) is 5.69 Å². The van der Waals surface area contributed by atoms with E-state index < -0.39 is 5.91 Å². The maximum absolute atomic E-state index is 10.9. The van der Waals surface area contributed by atoms with E-state index in [-0.39, 0.29) is 6.42 Å². The van der Waals surface area contributed by atoms with Crippen molar-refractivity contribution in [1.82, 2.24) is 9.85 Å². The first-order valence-corrected chi connectivity index (χ1v) is 4.85. The van der Waals surface area contributed by atoms with Gasteiger partial charge in [0, 0.05) is 5.39 Å². The second kappa shape index (κ2) is 3.73. The molecule has 0 aliphatic rings. The van der Waals surface area contributed by atoms with Crippen LogP contribution in [0.25, 0.3) is 10.1 Å². The topological polar surface area (TPSA) is 62.2 Å². The summed E-state index contributed by atoms with van der Waals surface area (Å²) in [4.78, 5) is 10.9. The number of fused-ring (bicyclic) bond motifs is 1. The largest absolute Gasteiger partial charge is 0.289 e. The van der Waals surface area contributed by atoms with Gasteiger partial charge >= 0.3 is 0 Å². The summed E-state index contributed by atoms with van der Waals surface area (Å²) in [6, 6.07) is 7.69. The lowest BCUT2D eigenvalue weighted by molar-refractivity contribution is -0.128. The molecule has 1 heterocycles. The van der Waals surface area contributed by atoms with E-state index in [4.69, 9.17) is 5.21 Å². The zero-order valence-corrected chi connectivity index (χ0v) is 8.04. The highest BCUT2D eigenvalue weighted by Crippen LogP contribution is 2.22. The van der Waals surface area contributed by atoms with E-state index in [1.165, 1.54) is 11.5 Å². The van der Waals surface area contributed by atoms with Crippen LogP contribution < -0.4 is 5.48 Å². The average molecular weight is 208 g/mol. The number of hydrogen-bond donors (Lipinski definition) is 2. The molecule has 14 heavy (non-hydrogen) atoms. The molecule has 72 valence electrons. The molecule has 2 rings (SSSR count). The molecule has 0 bridgehead atoms. The van der Waals surface area contributed by atoms with Gasteiger partial charge in [0.1, 0.15) is 0 Å². The van der Waals surface area contributed by atoms with E-state index in [1.54, 1.807) is 5.48 Å². The standard InChI is InChI=1S/C9H8N2O2S/c12-9(10-13)5-7-6-3-1-2-4-8(6)14-11-7/h1-4,13H,5H2,(H,10,12). The number of hydrogen-bond acceptors (Lipinski definition) is 4. The number of rotatable bonds is 2. The van der Waals surface area contributed by atoms with Gasteiger partial charge in [0.2, 0.25) is 5.91 Å². The monoisotopic (exact) mass is 208 g/mol. The van der Waals surface area contributed by atoms with Gasteiger partial charge in [0.05, 0.1) is 16.8 Å². The molecule has 0 saturated carbocycles. The van der Waals surface area contributed by atoms with Crippen molar-refractivity contribution in [3.05, 3.63) is 30.0 Å². The fourth-order valence-electron chi connectivity index (χ4n) is 1.26. The van der Waals surface area contributed by atoms with E-state index >= 15 is 0 Å². The number of nitrogens with one attached hydrogen (secondary N) is 1. The lowest BCUT2D eigenvalue weighted by atomic mass is 10.2. The normalized spacial score (nSPS) is 10.4. The molecule has 0 aliphatic carbocycles. The maximum atomic E-state index is 10.9. The Kier molecular flexibility index (Phi) is 2.43. The summed E-state index contributed by atoms with van der Waals surface area (Å²) in [6.07, 6.45) is 0.112. The van der Waals surface area contributed by atoms with Crippen LogP contribution in [0.1, 0.15) is 5.69 Å². The third-order valence-corrected chi connectivity index (χ3v) is 2.77. The minimum atomic E-state index is -0.443. The van der Waals surface area contributed by atoms with Crippen molar-refractivity contribution in [1.29, 1.82) is 0 Å². The van der Waals surface area contributed by atoms with E-state index in [1.807, 2.05) is 24.3 Å². The van der Waals surface area contributed by atoms with Gasteiger partial charge < -0.3 is 0 Å². The van der Waals surface area contributed by atoms with Crippen molar-refractivity contribution in [2.75, 3.05) is 0 Å². The van der Waals surface area contributed by atoms with Gasteiger partial charge in [0.15, 0.2) is 0 Å². The third kappa shape index (κ3) is 1.59. The molecule has 0 radical (unpaired) electrons. The SMILES string of the molecule is O=C(Cc1nsc2ccccc12)NO. The van der Waals surface area contributed by atoms with Crippen molar-refractivity contribution in [3.63, 3.8) is 0 Å². The van der Waals surface area contributed by atoms with Gasteiger partial charge in [-0.05, 0) is 17.6 Å². The van der Waals surface area contributed by atoms with Crippen LogP contribution in [-0.4, -0.2) is 15.5 Å². The highest BCUT2D eigenvalue weighted by molar-refractivity contribution is 7.13. The Morgan fingerprint density at radius 1 is 1.50 bits per heavy atom. The smallest absolute Gasteiger partial charge is 0.249 e. The Hall–Kier alpha value is -1.46. The number of hydroxylamine groups is 1. The Morgan fingerprint density at radius 3 is 3.07 bits per heavy atom. The first-order chi connectivity index (χ1) is 6.81. The van der Waals surface area contributed by atoms with Crippen molar-refractivity contribution in [2.45, 2.75) is 6.42 Å². The molecule has 0 spiro atoms. The summed E-state index contributed by atoms with van der Waals surface area (Å²) >= 11 is 1.35. The van der Waals surface area contributed by atoms with Crippen LogP contribution in [0.3, 0.4) is 0 Å². The zero-order valence-electron chi connectivity index (χ0n) is 7.23. The fourth-order valence-corrected chi connectivity index (χ4v) is 2.05. The molecule has 1 aromatic heterocycles. The number of benzene rings is 1. The van der Waals surface area contributed by atoms with Crippen LogP contribution in [0.2, 0.25) is 0 Å². The average Bonchev–Trinajstić information content (AvgIpc) is 2.62. The first kappa shape index (κ1) is 9.11. The van der Waals surface area contributed by atoms with Gasteiger partial charge in [-0.3, -0.25) is 10.0 Å². The highest BCUT2D eigenvalue weighted by Gasteiger charge is 2.09. The van der Waals surface area contributed by atoms with Crippen LogP contribution in [0, 0.1) is 0 Å². The van der Waals surface area contributed by atoms with Crippen LogP contribution in [0.15, 0.2) is 24.3 Å². The molecule has 1 amide bonds. The predicted octanol–water partition coefficient (Wildman–Crippen LogP) is 1.34. The summed E-state index contributed by atoms with van der Waals surface area (Å²) in [5.41, 5.74) is 2.30. The van der Waals surface area contributed by atoms with Gasteiger partial charge in [-0.25, -0.2) is 5.48 Å². The predicted molar refractivity (Wildman–Crippen MR) is 53.3 cm³/mol. The highest BCUT2D eigenvalue weighted by atomic mass is 32.1. The van der Waals surface area contributed by atoms with Crippen molar-refractivity contribution in [3.8, 4) is 0 Å². The second-order valence-corrected chi connectivity index (χ2v) is 3.64. The Morgan fingerprint density at radius 2 is 2.29 bits per heavy atom. The molecule has 0 saturated heterocycles.